The third kappa shape index (κ3) is 5.31. The first-order chi connectivity index (χ1) is 12.1. The smallest absolute Gasteiger partial charge is 0.138 e. The minimum atomic E-state index is 0. The third-order valence-electron chi connectivity index (χ3n) is 4.43. The highest BCUT2D eigenvalue weighted by Crippen LogP contribution is 2.33. The van der Waals surface area contributed by atoms with Crippen molar-refractivity contribution in [3.8, 4) is 0 Å². The predicted molar refractivity (Wildman–Crippen MR) is 119 cm³/mol. The summed E-state index contributed by atoms with van der Waals surface area (Å²) in [5, 5.41) is 4.67. The first-order valence-corrected chi connectivity index (χ1v) is 9.66. The minimum absolute atomic E-state index is 0. The number of hydrogen-bond acceptors (Lipinski definition) is 6. The Bertz CT molecular complexity index is 861. The molecule has 9 heteroatoms. The summed E-state index contributed by atoms with van der Waals surface area (Å²) in [5.74, 6) is 2.90. The molecule has 0 aliphatic rings. The maximum atomic E-state index is 5.69. The van der Waals surface area contributed by atoms with Crippen molar-refractivity contribution in [1.29, 1.82) is 0 Å². The van der Waals surface area contributed by atoms with Crippen LogP contribution < -0.4 is 11.1 Å². The highest BCUT2D eigenvalue weighted by atomic mass is 35.5. The molecule has 6 nitrogen and oxygen atoms in total. The van der Waals surface area contributed by atoms with Crippen molar-refractivity contribution in [1.82, 2.24) is 19.5 Å². The van der Waals surface area contributed by atoms with E-state index in [0.717, 1.165) is 53.6 Å². The first-order valence-electron chi connectivity index (χ1n) is 8.84. The van der Waals surface area contributed by atoms with Gasteiger partial charge in [-0.05, 0) is 32.4 Å². The SMILES string of the molecule is CCc1nccn1CCCNc1nc(CCN)nc2sc(C)c(C)c12.Cl.Cl. The maximum Gasteiger partial charge on any atom is 0.138 e. The number of aromatic nitrogens is 4. The van der Waals surface area contributed by atoms with Crippen LogP contribution in [-0.4, -0.2) is 32.6 Å². The largest absolute Gasteiger partial charge is 0.369 e. The number of fused-ring (bicyclic) bond motifs is 1. The molecule has 3 aromatic heterocycles. The molecule has 0 fully saturated rings. The number of halogens is 2. The Morgan fingerprint density at radius 2 is 2.00 bits per heavy atom. The molecule has 0 radical (unpaired) electrons. The van der Waals surface area contributed by atoms with E-state index < -0.39 is 0 Å². The van der Waals surface area contributed by atoms with Crippen LogP contribution in [-0.2, 0) is 19.4 Å². The summed E-state index contributed by atoms with van der Waals surface area (Å²) in [7, 11) is 0. The second kappa shape index (κ2) is 10.8. The van der Waals surface area contributed by atoms with Crippen molar-refractivity contribution < 1.29 is 0 Å². The summed E-state index contributed by atoms with van der Waals surface area (Å²) in [6, 6.07) is 0. The zero-order chi connectivity index (χ0) is 17.8. The molecule has 0 atom stereocenters. The molecular formula is C18H28Cl2N6S. The van der Waals surface area contributed by atoms with Crippen LogP contribution in [0.5, 0.6) is 0 Å². The Labute approximate surface area is 176 Å². The molecule has 0 saturated carbocycles. The Morgan fingerprint density at radius 1 is 1.22 bits per heavy atom. The van der Waals surface area contributed by atoms with Gasteiger partial charge in [0.25, 0.3) is 0 Å². The van der Waals surface area contributed by atoms with Crippen LogP contribution in [0.15, 0.2) is 12.4 Å². The fourth-order valence-corrected chi connectivity index (χ4v) is 4.02. The van der Waals surface area contributed by atoms with Gasteiger partial charge in [0.15, 0.2) is 0 Å². The number of rotatable bonds is 8. The molecule has 3 heterocycles. The fourth-order valence-electron chi connectivity index (χ4n) is 2.98. The molecule has 3 rings (SSSR count). The molecule has 0 spiro atoms. The number of hydrogen-bond donors (Lipinski definition) is 2. The van der Waals surface area contributed by atoms with E-state index in [1.165, 1.54) is 10.4 Å². The van der Waals surface area contributed by atoms with Crippen LogP contribution in [0.2, 0.25) is 0 Å². The highest BCUT2D eigenvalue weighted by molar-refractivity contribution is 7.18. The van der Waals surface area contributed by atoms with Crippen molar-refractivity contribution in [2.75, 3.05) is 18.4 Å². The van der Waals surface area contributed by atoms with Crippen LogP contribution in [0.1, 0.15) is 35.4 Å². The van der Waals surface area contributed by atoms with E-state index in [4.69, 9.17) is 10.7 Å². The third-order valence-corrected chi connectivity index (χ3v) is 5.53. The van der Waals surface area contributed by atoms with Gasteiger partial charge in [-0.1, -0.05) is 6.92 Å². The quantitative estimate of drug-likeness (QED) is 0.529. The van der Waals surface area contributed by atoms with Crippen LogP contribution in [0.25, 0.3) is 10.2 Å². The van der Waals surface area contributed by atoms with Crippen LogP contribution >= 0.6 is 36.2 Å². The zero-order valence-electron chi connectivity index (χ0n) is 16.0. The molecule has 3 aromatic rings. The number of nitrogens with zero attached hydrogens (tertiary/aromatic N) is 4. The summed E-state index contributed by atoms with van der Waals surface area (Å²) in [6.07, 6.45) is 6.60. The lowest BCUT2D eigenvalue weighted by atomic mass is 10.2. The van der Waals surface area contributed by atoms with Gasteiger partial charge < -0.3 is 15.6 Å². The van der Waals surface area contributed by atoms with Gasteiger partial charge in [-0.15, -0.1) is 36.2 Å². The highest BCUT2D eigenvalue weighted by Gasteiger charge is 2.14. The van der Waals surface area contributed by atoms with E-state index in [1.54, 1.807) is 11.3 Å². The predicted octanol–water partition coefficient (Wildman–Crippen LogP) is 3.91. The Hall–Kier alpha value is -1.41. The maximum absolute atomic E-state index is 5.69. The van der Waals surface area contributed by atoms with Crippen molar-refractivity contribution in [2.45, 2.75) is 46.6 Å². The van der Waals surface area contributed by atoms with Crippen molar-refractivity contribution in [2.24, 2.45) is 5.73 Å². The number of imidazole rings is 1. The summed E-state index contributed by atoms with van der Waals surface area (Å²) >= 11 is 1.73. The fraction of sp³-hybridized carbons (Fsp3) is 0.500. The molecule has 0 aromatic carbocycles. The molecule has 27 heavy (non-hydrogen) atoms. The van der Waals surface area contributed by atoms with Gasteiger partial charge in [0, 0.05) is 43.2 Å². The minimum Gasteiger partial charge on any atom is -0.369 e. The van der Waals surface area contributed by atoms with Gasteiger partial charge >= 0.3 is 0 Å². The zero-order valence-corrected chi connectivity index (χ0v) is 18.4. The van der Waals surface area contributed by atoms with E-state index in [9.17, 15) is 0 Å². The molecular weight excluding hydrogens is 403 g/mol. The number of aryl methyl sites for hydroxylation is 4. The molecule has 150 valence electrons. The molecule has 3 N–H and O–H groups in total. The second-order valence-corrected chi connectivity index (χ2v) is 7.36. The lowest BCUT2D eigenvalue weighted by Crippen LogP contribution is -2.12. The average molecular weight is 431 g/mol. The van der Waals surface area contributed by atoms with E-state index >= 15 is 0 Å². The molecule has 0 saturated heterocycles. The van der Waals surface area contributed by atoms with E-state index in [0.29, 0.717) is 13.0 Å². The van der Waals surface area contributed by atoms with Crippen LogP contribution in [0.3, 0.4) is 0 Å². The standard InChI is InChI=1S/C18H26N6S.2ClH/c1-4-15-20-9-11-24(15)10-5-8-21-17-16-12(2)13(3)25-18(16)23-14(22-17)6-7-19;;/h9,11H,4-8,10,19H2,1-3H3,(H,21,22,23);2*1H. The van der Waals surface area contributed by atoms with E-state index in [1.807, 2.05) is 12.4 Å². The molecule has 0 amide bonds. The molecule has 0 bridgehead atoms. The molecule has 0 unspecified atom stereocenters. The van der Waals surface area contributed by atoms with Gasteiger partial charge in [-0.25, -0.2) is 15.0 Å². The number of nitrogens with two attached hydrogens (primary N) is 1. The van der Waals surface area contributed by atoms with Crippen molar-refractivity contribution in [3.05, 3.63) is 34.5 Å². The number of thiophene rings is 1. The number of anilines is 1. The van der Waals surface area contributed by atoms with Crippen molar-refractivity contribution in [3.63, 3.8) is 0 Å². The number of nitrogens with one attached hydrogen (secondary N) is 1. The topological polar surface area (TPSA) is 81.7 Å². The van der Waals surface area contributed by atoms with Crippen LogP contribution in [0, 0.1) is 13.8 Å². The Morgan fingerprint density at radius 3 is 2.70 bits per heavy atom. The van der Waals surface area contributed by atoms with Gasteiger partial charge in [0.2, 0.25) is 0 Å². The van der Waals surface area contributed by atoms with E-state index in [2.05, 4.69) is 40.6 Å². The van der Waals surface area contributed by atoms with Gasteiger partial charge in [0.1, 0.15) is 22.3 Å². The average Bonchev–Trinajstić information content (AvgIpc) is 3.16. The summed E-state index contributed by atoms with van der Waals surface area (Å²) < 4.78 is 2.22. The molecule has 0 aliphatic carbocycles. The van der Waals surface area contributed by atoms with Crippen molar-refractivity contribution >= 4 is 52.2 Å². The summed E-state index contributed by atoms with van der Waals surface area (Å²) in [6.45, 7) is 8.80. The monoisotopic (exact) mass is 430 g/mol. The van der Waals surface area contributed by atoms with Gasteiger partial charge in [0.05, 0.1) is 5.39 Å². The Balaban J connectivity index is 0.00000182. The van der Waals surface area contributed by atoms with Crippen LogP contribution in [0.4, 0.5) is 5.82 Å². The van der Waals surface area contributed by atoms with E-state index in [-0.39, 0.29) is 24.8 Å². The Kier molecular flexibility index (Phi) is 9.45. The lowest BCUT2D eigenvalue weighted by molar-refractivity contribution is 0.629. The molecule has 0 aliphatic heterocycles. The van der Waals surface area contributed by atoms with Gasteiger partial charge in [-0.3, -0.25) is 0 Å². The van der Waals surface area contributed by atoms with Gasteiger partial charge in [-0.2, -0.15) is 0 Å². The normalized spacial score (nSPS) is 10.5. The first kappa shape index (κ1) is 23.6. The second-order valence-electron chi connectivity index (χ2n) is 6.16. The summed E-state index contributed by atoms with van der Waals surface area (Å²) in [5.41, 5.74) is 6.96. The lowest BCUT2D eigenvalue weighted by Gasteiger charge is -2.11. The summed E-state index contributed by atoms with van der Waals surface area (Å²) in [4.78, 5) is 16.1.